The van der Waals surface area contributed by atoms with Gasteiger partial charge in [-0.25, -0.2) is 0 Å². The summed E-state index contributed by atoms with van der Waals surface area (Å²) in [6, 6.07) is 0. The molecule has 0 rings (SSSR count). The van der Waals surface area contributed by atoms with Crippen LogP contribution in [-0.4, -0.2) is 42.2 Å². The molecular formula is C9H21S2Sn2. The summed E-state index contributed by atoms with van der Waals surface area (Å²) >= 11 is -1.02. The summed E-state index contributed by atoms with van der Waals surface area (Å²) in [4.78, 5) is 0. The van der Waals surface area contributed by atoms with Crippen LogP contribution >= 0.6 is 6.13 Å². The maximum atomic E-state index is 4.38. The van der Waals surface area contributed by atoms with Crippen molar-refractivity contribution in [3.63, 3.8) is 0 Å². The Kier molecular flexibility index (Phi) is 19.1. The van der Waals surface area contributed by atoms with Gasteiger partial charge in [-0.05, 0) is 0 Å². The van der Waals surface area contributed by atoms with Crippen LogP contribution in [0.3, 0.4) is 0 Å². The summed E-state index contributed by atoms with van der Waals surface area (Å²) in [7, 11) is 0. The van der Waals surface area contributed by atoms with Crippen LogP contribution in [0.5, 0.6) is 0 Å². The molecule has 0 bridgehead atoms. The van der Waals surface area contributed by atoms with Crippen molar-refractivity contribution in [2.24, 2.45) is 0 Å². The van der Waals surface area contributed by atoms with Crippen molar-refractivity contribution in [1.82, 2.24) is 0 Å². The molecule has 1 radical (unpaired) electrons. The van der Waals surface area contributed by atoms with Gasteiger partial charge in [-0.1, -0.05) is 0 Å². The van der Waals surface area contributed by atoms with Crippen LogP contribution in [-0.2, 0) is 13.5 Å². The Morgan fingerprint density at radius 3 is 2.38 bits per heavy atom. The van der Waals surface area contributed by atoms with Gasteiger partial charge in [-0.2, -0.15) is 0 Å². The second-order valence-corrected chi connectivity index (χ2v) is 29.2. The number of hydrogen-bond acceptors (Lipinski definition) is 2. The van der Waals surface area contributed by atoms with Crippen LogP contribution in [0.25, 0.3) is 0 Å². The first-order chi connectivity index (χ1) is 5.81. The molecule has 0 saturated carbocycles. The standard InChI is InChI=1S/2C4H9.CH2.H2S.S.2Sn/c2*1-3-4-2;;;;;/h2*1,3-4H2,2H3;2*1H2;;;/q;;;;;;+1/p-1. The van der Waals surface area contributed by atoms with Crippen molar-refractivity contribution >= 4 is 61.8 Å². The Morgan fingerprint density at radius 2 is 1.85 bits per heavy atom. The van der Waals surface area contributed by atoms with E-state index in [9.17, 15) is 0 Å². The van der Waals surface area contributed by atoms with Crippen molar-refractivity contribution in [3.05, 3.63) is 0 Å². The van der Waals surface area contributed by atoms with E-state index in [0.717, 1.165) is 0 Å². The van der Waals surface area contributed by atoms with Gasteiger partial charge in [0.25, 0.3) is 0 Å². The molecule has 0 amide bonds. The largest absolute Gasteiger partial charge is 0.813 e. The zero-order chi connectivity index (χ0) is 9.23. The van der Waals surface area contributed by atoms with Gasteiger partial charge in [0, 0.05) is 0 Å². The van der Waals surface area contributed by atoms with Crippen molar-refractivity contribution in [2.75, 3.05) is 0 Å². The van der Waals surface area contributed by atoms with E-state index in [2.05, 4.69) is 24.5 Å². The molecule has 0 atom stereocenters. The fourth-order valence-electron chi connectivity index (χ4n) is 0.827. The Balaban J connectivity index is 0. The number of unbranched alkanes of at least 4 members (excludes halogenated alkanes) is 2. The summed E-state index contributed by atoms with van der Waals surface area (Å²) in [6.45, 7) is 4.59. The molecular weight excluding hydrogens is 410 g/mol. The molecule has 0 aliphatic carbocycles. The van der Waals surface area contributed by atoms with E-state index >= 15 is 0 Å². The molecule has 0 N–H and O–H groups in total. The monoisotopic (exact) mass is 433 g/mol. The first kappa shape index (κ1) is 17.6. The molecule has 0 spiro atoms. The molecule has 4 heteroatoms. The number of rotatable bonds is 8. The summed E-state index contributed by atoms with van der Waals surface area (Å²) in [5.41, 5.74) is 0. The van der Waals surface area contributed by atoms with Crippen LogP contribution in [0.1, 0.15) is 39.5 Å². The van der Waals surface area contributed by atoms with E-state index in [-0.39, 0.29) is 33.3 Å². The van der Waals surface area contributed by atoms with Crippen LogP contribution in [0.2, 0.25) is 8.87 Å². The Hall–Kier alpha value is 2.17. The van der Waals surface area contributed by atoms with Crippen LogP contribution in [0, 0.1) is 0 Å². The SMILES string of the molecule is [CH2]=[Sn]([CH2]CCC)[S][Sn+][CH2]CCC.[SH-]. The third-order valence-electron chi connectivity index (χ3n) is 1.66. The van der Waals surface area contributed by atoms with E-state index in [4.69, 9.17) is 0 Å². The molecule has 0 unspecified atom stereocenters. The van der Waals surface area contributed by atoms with Gasteiger partial charge in [0.2, 0.25) is 0 Å². The molecule has 0 aromatic rings. The maximum absolute atomic E-state index is 4.38. The molecule has 0 nitrogen and oxygen atoms in total. The van der Waals surface area contributed by atoms with E-state index in [1.165, 1.54) is 30.1 Å². The smallest absolute Gasteiger partial charge is 0.813 e. The van der Waals surface area contributed by atoms with E-state index in [1.54, 1.807) is 4.44 Å². The Bertz CT molecular complexity index is 118. The fraction of sp³-hybridized carbons (Fsp3) is 0.889. The van der Waals surface area contributed by atoms with Gasteiger partial charge in [0.15, 0.2) is 0 Å². The zero-order valence-corrected chi connectivity index (χ0v) is 16.2. The number of thiol groups is 1. The molecule has 0 saturated heterocycles. The van der Waals surface area contributed by atoms with E-state index in [0.29, 0.717) is 0 Å². The molecule has 0 aromatic heterocycles. The molecule has 0 aliphatic rings. The summed E-state index contributed by atoms with van der Waals surface area (Å²) in [6.07, 6.45) is 8.13. The van der Waals surface area contributed by atoms with Crippen LogP contribution < -0.4 is 0 Å². The van der Waals surface area contributed by atoms with Gasteiger partial charge in [0.05, 0.1) is 0 Å². The van der Waals surface area contributed by atoms with E-state index < -0.39 is 17.9 Å². The normalized spacial score (nSPS) is 9.08. The Labute approximate surface area is 109 Å². The van der Waals surface area contributed by atoms with Gasteiger partial charge in [0.1, 0.15) is 0 Å². The molecule has 0 fully saturated rings. The third-order valence-corrected chi connectivity index (χ3v) is 37.6. The molecule has 0 aliphatic heterocycles. The Morgan fingerprint density at radius 1 is 1.23 bits per heavy atom. The summed E-state index contributed by atoms with van der Waals surface area (Å²) in [5.74, 6) is 0. The first-order valence-corrected chi connectivity index (χ1v) is 18.7. The van der Waals surface area contributed by atoms with Crippen molar-refractivity contribution in [1.29, 1.82) is 0 Å². The minimum absolute atomic E-state index is 0. The molecule has 13 heavy (non-hydrogen) atoms. The van der Waals surface area contributed by atoms with Crippen LogP contribution in [0.4, 0.5) is 0 Å². The fourth-order valence-corrected chi connectivity index (χ4v) is 33.7. The summed E-state index contributed by atoms with van der Waals surface area (Å²) < 4.78 is 7.51. The van der Waals surface area contributed by atoms with Gasteiger partial charge < -0.3 is 13.5 Å². The minimum Gasteiger partial charge on any atom is -0.813 e. The first-order valence-electron chi connectivity index (χ1n) is 4.88. The van der Waals surface area contributed by atoms with E-state index in [1.807, 2.05) is 0 Å². The van der Waals surface area contributed by atoms with Crippen molar-refractivity contribution in [3.8, 4) is 0 Å². The summed E-state index contributed by atoms with van der Waals surface area (Å²) in [5, 5.41) is 0. The number of hydrogen-bond donors (Lipinski definition) is 0. The topological polar surface area (TPSA) is 0 Å². The average molecular weight is 431 g/mol. The molecule has 77 valence electrons. The molecule has 0 heterocycles. The third kappa shape index (κ3) is 14.2. The maximum Gasteiger partial charge on any atom is -0.813 e. The van der Waals surface area contributed by atoms with Gasteiger partial charge in [-0.3, -0.25) is 0 Å². The second kappa shape index (κ2) is 14.2. The molecule has 0 aromatic carbocycles. The average Bonchev–Trinajstić information content (AvgIpc) is 2.09. The second-order valence-electron chi connectivity index (χ2n) is 2.99. The minimum atomic E-state index is -1.03. The van der Waals surface area contributed by atoms with Crippen molar-refractivity contribution in [2.45, 2.75) is 48.4 Å². The predicted octanol–water partition coefficient (Wildman–Crippen LogP) is 3.09. The van der Waals surface area contributed by atoms with Gasteiger partial charge >= 0.3 is 96.7 Å². The van der Waals surface area contributed by atoms with Crippen molar-refractivity contribution < 1.29 is 0 Å². The van der Waals surface area contributed by atoms with Gasteiger partial charge in [-0.15, -0.1) is 0 Å². The predicted molar refractivity (Wildman–Crippen MR) is 74.4 cm³/mol. The quantitative estimate of drug-likeness (QED) is 0.251. The van der Waals surface area contributed by atoms with Crippen LogP contribution in [0.15, 0.2) is 0 Å². The zero-order valence-electron chi connectivity index (χ0n) is 8.81.